The van der Waals surface area contributed by atoms with E-state index in [4.69, 9.17) is 0 Å². The second-order valence-corrected chi connectivity index (χ2v) is 3.73. The maximum atomic E-state index is 3.00. The van der Waals surface area contributed by atoms with E-state index in [0.29, 0.717) is 0 Å². The predicted molar refractivity (Wildman–Crippen MR) is 107 cm³/mol. The van der Waals surface area contributed by atoms with Gasteiger partial charge in [0.2, 0.25) is 0 Å². The van der Waals surface area contributed by atoms with Gasteiger partial charge in [0.05, 0.1) is 0 Å². The van der Waals surface area contributed by atoms with Crippen LogP contribution in [0.5, 0.6) is 0 Å². The molecule has 0 radical (unpaired) electrons. The third-order valence-electron chi connectivity index (χ3n) is 2.11. The van der Waals surface area contributed by atoms with Crippen LogP contribution in [0.25, 0.3) is 0 Å². The molecule has 0 aliphatic carbocycles. The summed E-state index contributed by atoms with van der Waals surface area (Å²) in [6.07, 6.45) is 1.25. The zero-order valence-electron chi connectivity index (χ0n) is 17.3. The number of hydrogen-bond donors (Lipinski definition) is 0. The summed E-state index contributed by atoms with van der Waals surface area (Å²) in [5.41, 5.74) is 5.57. The van der Waals surface area contributed by atoms with Crippen molar-refractivity contribution in [3.63, 3.8) is 0 Å². The summed E-state index contributed by atoms with van der Waals surface area (Å²) >= 11 is 0. The average molecular weight is 297 g/mol. The van der Waals surface area contributed by atoms with Crippen LogP contribution in [0.2, 0.25) is 0 Å². The van der Waals surface area contributed by atoms with Gasteiger partial charge >= 0.3 is 0 Å². The molecular weight excluding hydrogens is 252 g/mol. The maximum absolute atomic E-state index is 3.00. The highest BCUT2D eigenvalue weighted by molar-refractivity contribution is 5.35. The lowest BCUT2D eigenvalue weighted by Gasteiger charge is -2.04. The van der Waals surface area contributed by atoms with Crippen molar-refractivity contribution in [1.29, 1.82) is 0 Å². The van der Waals surface area contributed by atoms with E-state index in [9.17, 15) is 0 Å². The summed E-state index contributed by atoms with van der Waals surface area (Å²) in [5, 5.41) is 0. The number of benzene rings is 1. The Balaban J connectivity index is -0.0000000656. The lowest BCUT2D eigenvalue weighted by Crippen LogP contribution is -1.86. The van der Waals surface area contributed by atoms with Gasteiger partial charge in [0.1, 0.15) is 0 Å². The van der Waals surface area contributed by atoms with Gasteiger partial charge in [-0.1, -0.05) is 73.9 Å². The molecule has 21 heavy (non-hydrogen) atoms. The molecule has 0 nitrogen and oxygen atoms in total. The van der Waals surface area contributed by atoms with Gasteiger partial charge in [-0.25, -0.2) is 0 Å². The smallest absolute Gasteiger partial charge is 0.0395 e. The van der Waals surface area contributed by atoms with E-state index in [1.807, 2.05) is 41.5 Å². The molecule has 0 N–H and O–H groups in total. The highest BCUT2D eigenvalue weighted by Gasteiger charge is 1.95. The summed E-state index contributed by atoms with van der Waals surface area (Å²) < 4.78 is 0. The molecular formula is C21H44. The van der Waals surface area contributed by atoms with Crippen LogP contribution in [0.4, 0.5) is 0 Å². The molecule has 0 saturated heterocycles. The molecule has 0 spiro atoms. The normalized spacial score (nSPS) is 6.67. The van der Waals surface area contributed by atoms with Gasteiger partial charge in [-0.3, -0.25) is 0 Å². The molecule has 1 rings (SSSR count). The van der Waals surface area contributed by atoms with Crippen molar-refractivity contribution in [3.05, 3.63) is 47.5 Å². The number of rotatable bonds is 0. The fourth-order valence-corrected chi connectivity index (χ4v) is 1.10. The Labute approximate surface area is 137 Å². The predicted octanol–water partition coefficient (Wildman–Crippen LogP) is 8.22. The van der Waals surface area contributed by atoms with Gasteiger partial charge in [0.15, 0.2) is 0 Å². The minimum Gasteiger partial charge on any atom is -0.106 e. The summed E-state index contributed by atoms with van der Waals surface area (Å²) in [6.45, 7) is 30.9. The molecule has 0 bridgehead atoms. The van der Waals surface area contributed by atoms with Crippen LogP contribution in [0.15, 0.2) is 25.3 Å². The van der Waals surface area contributed by atoms with E-state index >= 15 is 0 Å². The van der Waals surface area contributed by atoms with Crippen molar-refractivity contribution >= 4 is 0 Å². The molecule has 1 aromatic carbocycles. The fourth-order valence-electron chi connectivity index (χ4n) is 1.10. The van der Waals surface area contributed by atoms with Crippen molar-refractivity contribution in [2.24, 2.45) is 0 Å². The first-order chi connectivity index (χ1) is 10.0. The van der Waals surface area contributed by atoms with E-state index in [2.05, 4.69) is 66.8 Å². The summed E-state index contributed by atoms with van der Waals surface area (Å²) in [5.74, 6) is 0. The monoisotopic (exact) mass is 296 g/mol. The highest BCUT2D eigenvalue weighted by atomic mass is 14.0. The van der Waals surface area contributed by atoms with Gasteiger partial charge in [0.25, 0.3) is 0 Å². The number of hydrogen-bond acceptors (Lipinski definition) is 0. The Bertz CT molecular complexity index is 221. The first-order valence-electron chi connectivity index (χ1n) is 8.57. The van der Waals surface area contributed by atoms with Crippen molar-refractivity contribution in [3.8, 4) is 0 Å². The maximum Gasteiger partial charge on any atom is -0.0395 e. The SMILES string of the molecule is C=C.CC.CC.CC.CCC.Cc1cc(C)c(C)cc1C. The van der Waals surface area contributed by atoms with Crippen LogP contribution in [-0.2, 0) is 0 Å². The van der Waals surface area contributed by atoms with Gasteiger partial charge in [-0.2, -0.15) is 0 Å². The average Bonchev–Trinajstić information content (AvgIpc) is 2.54. The Kier molecular flexibility index (Phi) is 47.9. The largest absolute Gasteiger partial charge is 0.106 e. The van der Waals surface area contributed by atoms with Gasteiger partial charge in [0, 0.05) is 0 Å². The second-order valence-electron chi connectivity index (χ2n) is 3.73. The Morgan fingerprint density at radius 2 is 0.667 bits per heavy atom. The standard InChI is InChI=1S/C10H14.C3H8.3C2H6.C2H4/c1-7-5-9(3)10(4)6-8(7)2;1-3-2;4*1-2/h5-6H,1-4H3;3H2,1-2H3;3*1-2H3;1-2H2. The van der Waals surface area contributed by atoms with Gasteiger partial charge in [-0.15, -0.1) is 13.2 Å². The quantitative estimate of drug-likeness (QED) is 0.423. The van der Waals surface area contributed by atoms with Crippen molar-refractivity contribution in [1.82, 2.24) is 0 Å². The van der Waals surface area contributed by atoms with Crippen molar-refractivity contribution < 1.29 is 0 Å². The molecule has 0 saturated carbocycles. The highest BCUT2D eigenvalue weighted by Crippen LogP contribution is 2.13. The minimum absolute atomic E-state index is 1.25. The first kappa shape index (κ1) is 32.1. The molecule has 128 valence electrons. The van der Waals surface area contributed by atoms with Crippen molar-refractivity contribution in [2.45, 2.75) is 89.5 Å². The molecule has 0 aliphatic heterocycles. The van der Waals surface area contributed by atoms with Crippen LogP contribution in [0.3, 0.4) is 0 Å². The Morgan fingerprint density at radius 1 is 0.571 bits per heavy atom. The zero-order valence-corrected chi connectivity index (χ0v) is 17.3. The van der Waals surface area contributed by atoms with Crippen LogP contribution in [0.1, 0.15) is 84.1 Å². The molecule has 0 aromatic heterocycles. The van der Waals surface area contributed by atoms with Crippen molar-refractivity contribution in [2.75, 3.05) is 0 Å². The van der Waals surface area contributed by atoms with E-state index < -0.39 is 0 Å². The van der Waals surface area contributed by atoms with Gasteiger partial charge < -0.3 is 0 Å². The van der Waals surface area contributed by atoms with E-state index in [0.717, 1.165) is 0 Å². The number of aryl methyl sites for hydroxylation is 4. The zero-order chi connectivity index (χ0) is 18.4. The molecule has 0 heteroatoms. The molecule has 0 atom stereocenters. The van der Waals surface area contributed by atoms with Crippen LogP contribution in [0, 0.1) is 27.7 Å². The first-order valence-corrected chi connectivity index (χ1v) is 8.57. The lowest BCUT2D eigenvalue weighted by molar-refractivity contribution is 1.09. The molecule has 0 heterocycles. The third-order valence-corrected chi connectivity index (χ3v) is 2.11. The molecule has 0 fully saturated rings. The Hall–Kier alpha value is -1.04. The summed E-state index contributed by atoms with van der Waals surface area (Å²) in [4.78, 5) is 0. The summed E-state index contributed by atoms with van der Waals surface area (Å²) in [6, 6.07) is 4.48. The van der Waals surface area contributed by atoms with Gasteiger partial charge in [-0.05, 0) is 49.9 Å². The second kappa shape index (κ2) is 31.4. The van der Waals surface area contributed by atoms with E-state index in [-0.39, 0.29) is 0 Å². The van der Waals surface area contributed by atoms with Crippen LogP contribution < -0.4 is 0 Å². The molecule has 1 aromatic rings. The topological polar surface area (TPSA) is 0 Å². The third kappa shape index (κ3) is 24.4. The minimum atomic E-state index is 1.25. The van der Waals surface area contributed by atoms with Crippen LogP contribution >= 0.6 is 0 Å². The fraction of sp³-hybridized carbons (Fsp3) is 0.619. The van der Waals surface area contributed by atoms with Crippen LogP contribution in [-0.4, -0.2) is 0 Å². The lowest BCUT2D eigenvalue weighted by atomic mass is 10.0. The Morgan fingerprint density at radius 3 is 0.762 bits per heavy atom. The summed E-state index contributed by atoms with van der Waals surface area (Å²) in [7, 11) is 0. The van der Waals surface area contributed by atoms with E-state index in [1.54, 1.807) is 0 Å². The van der Waals surface area contributed by atoms with E-state index in [1.165, 1.54) is 28.7 Å². The molecule has 0 amide bonds. The molecule has 0 unspecified atom stereocenters. The molecule has 0 aliphatic rings.